The molecule has 156 valence electrons. The zero-order chi connectivity index (χ0) is 21.3. The fraction of sp³-hybridized carbons (Fsp3) is 0.381. The molecule has 0 saturated carbocycles. The summed E-state index contributed by atoms with van der Waals surface area (Å²) in [5.41, 5.74) is 2.71. The highest BCUT2D eigenvalue weighted by atomic mass is 19.1. The molecule has 0 aliphatic carbocycles. The molecule has 8 nitrogen and oxygen atoms in total. The number of urea groups is 1. The molecule has 2 aliphatic rings. The number of rotatable bonds is 4. The van der Waals surface area contributed by atoms with Gasteiger partial charge < -0.3 is 10.2 Å². The van der Waals surface area contributed by atoms with Gasteiger partial charge in [0.05, 0.1) is 41.9 Å². The Bertz CT molecular complexity index is 976. The maximum atomic E-state index is 13.4. The summed E-state index contributed by atoms with van der Waals surface area (Å²) in [5.74, 6) is -0.311. The first kappa shape index (κ1) is 19.9. The topological polar surface area (TPSA) is 90.8 Å². The van der Waals surface area contributed by atoms with Crippen molar-refractivity contribution < 1.29 is 14.0 Å². The Morgan fingerprint density at radius 3 is 2.63 bits per heavy atom. The van der Waals surface area contributed by atoms with Gasteiger partial charge in [0.15, 0.2) is 0 Å². The number of hydrazone groups is 1. The summed E-state index contributed by atoms with van der Waals surface area (Å²) >= 11 is 0. The molecule has 1 saturated heterocycles. The number of aromatic nitrogens is 2. The van der Waals surface area contributed by atoms with Crippen LogP contribution in [0.25, 0.3) is 0 Å². The second kappa shape index (κ2) is 8.17. The second-order valence-electron chi connectivity index (χ2n) is 7.53. The van der Waals surface area contributed by atoms with Crippen LogP contribution in [0.3, 0.4) is 0 Å². The maximum absolute atomic E-state index is 13.4. The van der Waals surface area contributed by atoms with Crippen LogP contribution in [0.15, 0.2) is 41.8 Å². The van der Waals surface area contributed by atoms with Gasteiger partial charge in [0.25, 0.3) is 0 Å². The van der Waals surface area contributed by atoms with Crippen molar-refractivity contribution >= 4 is 17.6 Å². The first-order chi connectivity index (χ1) is 14.4. The summed E-state index contributed by atoms with van der Waals surface area (Å²) in [5, 5.41) is 8.70. The summed E-state index contributed by atoms with van der Waals surface area (Å²) in [6, 6.07) is 4.83. The minimum absolute atomic E-state index is 0.0420. The Labute approximate surface area is 173 Å². The number of nitrogens with one attached hydrogen (secondary N) is 1. The normalized spacial score (nSPS) is 19.8. The standard InChI is InChI=1S/C21H23FN6O2/c1-13-10-24-17(11-23-13)14(2)25-21(30)28-12-18(27-9-3-4-19(27)29)20(26-28)15-5-7-16(22)8-6-15/h5-8,10-11,14,18H,3-4,9,12H2,1-2H3,(H,25,30)/t14-,18?/m1/s1. The zero-order valence-corrected chi connectivity index (χ0v) is 16.9. The van der Waals surface area contributed by atoms with Crippen LogP contribution in [0.5, 0.6) is 0 Å². The molecular weight excluding hydrogens is 387 g/mol. The average Bonchev–Trinajstić information content (AvgIpc) is 3.35. The fourth-order valence-corrected chi connectivity index (χ4v) is 3.69. The van der Waals surface area contributed by atoms with E-state index < -0.39 is 6.03 Å². The van der Waals surface area contributed by atoms with E-state index in [1.807, 2.05) is 13.8 Å². The lowest BCUT2D eigenvalue weighted by molar-refractivity contribution is -0.128. The van der Waals surface area contributed by atoms with Gasteiger partial charge in [0.1, 0.15) is 5.82 Å². The molecule has 1 unspecified atom stereocenters. The Morgan fingerprint density at radius 2 is 2.00 bits per heavy atom. The lowest BCUT2D eigenvalue weighted by Gasteiger charge is -2.25. The van der Waals surface area contributed by atoms with E-state index in [2.05, 4.69) is 20.4 Å². The van der Waals surface area contributed by atoms with Crippen molar-refractivity contribution in [1.29, 1.82) is 0 Å². The molecule has 3 amide bonds. The number of aryl methyl sites for hydroxylation is 1. The molecule has 2 aromatic rings. The van der Waals surface area contributed by atoms with Crippen molar-refractivity contribution in [3.63, 3.8) is 0 Å². The number of carbonyl (C=O) groups excluding carboxylic acids is 2. The summed E-state index contributed by atoms with van der Waals surface area (Å²) in [7, 11) is 0. The van der Waals surface area contributed by atoms with Crippen LogP contribution in [-0.2, 0) is 4.79 Å². The van der Waals surface area contributed by atoms with Crippen LogP contribution in [0, 0.1) is 12.7 Å². The van der Waals surface area contributed by atoms with Gasteiger partial charge in [0.2, 0.25) is 5.91 Å². The quantitative estimate of drug-likeness (QED) is 0.838. The summed E-state index contributed by atoms with van der Waals surface area (Å²) < 4.78 is 13.4. The van der Waals surface area contributed by atoms with E-state index in [9.17, 15) is 14.0 Å². The van der Waals surface area contributed by atoms with Crippen molar-refractivity contribution in [2.24, 2.45) is 5.10 Å². The van der Waals surface area contributed by atoms with Crippen LogP contribution < -0.4 is 5.32 Å². The molecule has 1 N–H and O–H groups in total. The zero-order valence-electron chi connectivity index (χ0n) is 16.9. The van der Waals surface area contributed by atoms with Gasteiger partial charge in [-0.25, -0.2) is 14.2 Å². The molecule has 9 heteroatoms. The largest absolute Gasteiger partial charge is 0.338 e. The van der Waals surface area contributed by atoms with Gasteiger partial charge in [-0.15, -0.1) is 0 Å². The number of hydrogen-bond donors (Lipinski definition) is 1. The van der Waals surface area contributed by atoms with Crippen molar-refractivity contribution in [3.8, 4) is 0 Å². The molecule has 0 bridgehead atoms. The Kier molecular flexibility index (Phi) is 5.43. The highest BCUT2D eigenvalue weighted by Gasteiger charge is 2.39. The second-order valence-corrected chi connectivity index (χ2v) is 7.53. The van der Waals surface area contributed by atoms with Crippen molar-refractivity contribution in [1.82, 2.24) is 25.2 Å². The van der Waals surface area contributed by atoms with Crippen LogP contribution >= 0.6 is 0 Å². The third-order valence-electron chi connectivity index (χ3n) is 5.34. The van der Waals surface area contributed by atoms with E-state index in [0.29, 0.717) is 29.9 Å². The molecule has 2 atom stereocenters. The summed E-state index contributed by atoms with van der Waals surface area (Å²) in [4.78, 5) is 35.5. The first-order valence-corrected chi connectivity index (χ1v) is 9.93. The molecule has 2 aliphatic heterocycles. The van der Waals surface area contributed by atoms with Crippen LogP contribution in [-0.4, -0.2) is 56.7 Å². The predicted molar refractivity (Wildman–Crippen MR) is 108 cm³/mol. The third-order valence-corrected chi connectivity index (χ3v) is 5.34. The Hall–Kier alpha value is -3.36. The molecule has 30 heavy (non-hydrogen) atoms. The molecule has 1 fully saturated rings. The average molecular weight is 410 g/mol. The monoisotopic (exact) mass is 410 g/mol. The number of nitrogens with zero attached hydrogens (tertiary/aromatic N) is 5. The SMILES string of the molecule is Cc1cnc([C@@H](C)NC(=O)N2CC(N3CCCC3=O)C(c3ccc(F)cc3)=N2)cn1. The van der Waals surface area contributed by atoms with Crippen molar-refractivity contribution in [2.45, 2.75) is 38.8 Å². The molecule has 1 aromatic carbocycles. The molecule has 4 rings (SSSR count). The molecule has 1 aromatic heterocycles. The fourth-order valence-electron chi connectivity index (χ4n) is 3.69. The van der Waals surface area contributed by atoms with Crippen molar-refractivity contribution in [2.75, 3.05) is 13.1 Å². The number of amides is 3. The molecular formula is C21H23FN6O2. The van der Waals surface area contributed by atoms with E-state index in [4.69, 9.17) is 0 Å². The van der Waals surface area contributed by atoms with Gasteiger partial charge in [-0.3, -0.25) is 14.8 Å². The molecule has 3 heterocycles. The summed E-state index contributed by atoms with van der Waals surface area (Å²) in [6.45, 7) is 4.53. The van der Waals surface area contributed by atoms with E-state index in [1.165, 1.54) is 17.1 Å². The van der Waals surface area contributed by atoms with E-state index in [-0.39, 0.29) is 30.4 Å². The smallest absolute Gasteiger partial charge is 0.332 e. The van der Waals surface area contributed by atoms with Crippen molar-refractivity contribution in [3.05, 3.63) is 59.4 Å². The minimum Gasteiger partial charge on any atom is -0.332 e. The first-order valence-electron chi connectivity index (χ1n) is 9.93. The summed E-state index contributed by atoms with van der Waals surface area (Å²) in [6.07, 6.45) is 4.54. The number of benzene rings is 1. The van der Waals surface area contributed by atoms with Crippen LogP contribution in [0.4, 0.5) is 9.18 Å². The predicted octanol–water partition coefficient (Wildman–Crippen LogP) is 2.41. The van der Waals surface area contributed by atoms with Gasteiger partial charge in [0, 0.05) is 24.7 Å². The van der Waals surface area contributed by atoms with Gasteiger partial charge in [-0.2, -0.15) is 5.10 Å². The van der Waals surface area contributed by atoms with E-state index in [0.717, 1.165) is 12.1 Å². The maximum Gasteiger partial charge on any atom is 0.338 e. The van der Waals surface area contributed by atoms with Crippen LogP contribution in [0.1, 0.15) is 42.8 Å². The van der Waals surface area contributed by atoms with Gasteiger partial charge in [-0.1, -0.05) is 12.1 Å². The van der Waals surface area contributed by atoms with E-state index >= 15 is 0 Å². The van der Waals surface area contributed by atoms with Gasteiger partial charge in [-0.05, 0) is 32.4 Å². The number of carbonyl (C=O) groups is 2. The minimum atomic E-state index is -0.390. The number of hydrogen-bond acceptors (Lipinski definition) is 5. The lowest BCUT2D eigenvalue weighted by Crippen LogP contribution is -2.46. The highest BCUT2D eigenvalue weighted by molar-refractivity contribution is 6.08. The Morgan fingerprint density at radius 1 is 1.23 bits per heavy atom. The molecule has 0 spiro atoms. The number of likely N-dealkylation sites (tertiary alicyclic amines) is 1. The highest BCUT2D eigenvalue weighted by Crippen LogP contribution is 2.24. The van der Waals surface area contributed by atoms with Gasteiger partial charge >= 0.3 is 6.03 Å². The van der Waals surface area contributed by atoms with E-state index in [1.54, 1.807) is 29.4 Å². The third kappa shape index (κ3) is 4.00. The van der Waals surface area contributed by atoms with Crippen LogP contribution in [0.2, 0.25) is 0 Å². The number of halogens is 1. The lowest BCUT2D eigenvalue weighted by atomic mass is 10.0. The molecule has 0 radical (unpaired) electrons. The Balaban J connectivity index is 1.55.